The summed E-state index contributed by atoms with van der Waals surface area (Å²) in [5, 5.41) is 5.35. The van der Waals surface area contributed by atoms with Gasteiger partial charge in [-0.1, -0.05) is 18.2 Å². The fourth-order valence-corrected chi connectivity index (χ4v) is 4.54. The van der Waals surface area contributed by atoms with Crippen LogP contribution in [0.25, 0.3) is 11.3 Å². The number of hydrogen-bond acceptors (Lipinski definition) is 6. The highest BCUT2D eigenvalue weighted by atomic mass is 32.1. The number of amides is 1. The van der Waals surface area contributed by atoms with Gasteiger partial charge in [0.1, 0.15) is 23.0 Å². The molecule has 2 aromatic heterocycles. The molecular formula is C29H23N3O3S. The monoisotopic (exact) mass is 493 g/mol. The van der Waals surface area contributed by atoms with E-state index >= 15 is 0 Å². The summed E-state index contributed by atoms with van der Waals surface area (Å²) in [6.07, 6.45) is 3.18. The molecular weight excluding hydrogens is 470 g/mol. The number of pyridine rings is 1. The number of anilines is 1. The van der Waals surface area contributed by atoms with Crippen LogP contribution in [0.15, 0.2) is 96.6 Å². The zero-order valence-electron chi connectivity index (χ0n) is 19.8. The summed E-state index contributed by atoms with van der Waals surface area (Å²) in [6, 6.07) is 24.5. The molecule has 0 saturated carbocycles. The maximum atomic E-state index is 12.4. The number of para-hydroxylation sites is 1. The second-order valence-corrected chi connectivity index (χ2v) is 9.01. The van der Waals surface area contributed by atoms with Crippen molar-refractivity contribution in [2.45, 2.75) is 13.8 Å². The normalized spacial score (nSPS) is 10.6. The average Bonchev–Trinajstić information content (AvgIpc) is 3.33. The van der Waals surface area contributed by atoms with E-state index in [1.165, 1.54) is 11.3 Å². The van der Waals surface area contributed by atoms with Crippen LogP contribution in [0.2, 0.25) is 0 Å². The van der Waals surface area contributed by atoms with E-state index in [1.807, 2.05) is 86.0 Å². The molecule has 36 heavy (non-hydrogen) atoms. The van der Waals surface area contributed by atoms with E-state index in [0.29, 0.717) is 10.7 Å². The Morgan fingerprint density at radius 3 is 2.00 bits per heavy atom. The standard InChI is InChI=1S/C29H23N3O3S/c1-19-16-25(35-24-10-8-23(9-11-24)34-22-6-4-3-5-7-22)17-20(2)27(19)26-18-36-29(31-26)32-28(33)21-12-14-30-15-13-21/h3-18H,1-2H3,(H,31,32,33). The molecule has 1 amide bonds. The first-order valence-electron chi connectivity index (χ1n) is 11.3. The summed E-state index contributed by atoms with van der Waals surface area (Å²) in [4.78, 5) is 21.0. The van der Waals surface area contributed by atoms with Crippen molar-refractivity contribution in [3.63, 3.8) is 0 Å². The molecule has 0 spiro atoms. The first-order chi connectivity index (χ1) is 17.5. The van der Waals surface area contributed by atoms with Crippen LogP contribution < -0.4 is 14.8 Å². The molecule has 0 aliphatic carbocycles. The van der Waals surface area contributed by atoms with Gasteiger partial charge in [-0.05, 0) is 85.6 Å². The fourth-order valence-electron chi connectivity index (χ4n) is 3.84. The second kappa shape index (κ2) is 10.4. The van der Waals surface area contributed by atoms with Gasteiger partial charge in [-0.3, -0.25) is 15.1 Å². The van der Waals surface area contributed by atoms with Crippen LogP contribution in [0, 0.1) is 13.8 Å². The first-order valence-corrected chi connectivity index (χ1v) is 12.2. The Hall–Kier alpha value is -4.49. The predicted molar refractivity (Wildman–Crippen MR) is 142 cm³/mol. The number of carbonyl (C=O) groups excluding carboxylic acids is 1. The van der Waals surface area contributed by atoms with Crippen molar-refractivity contribution in [2.24, 2.45) is 0 Å². The number of carbonyl (C=O) groups is 1. The van der Waals surface area contributed by atoms with Gasteiger partial charge >= 0.3 is 0 Å². The number of aryl methyl sites for hydroxylation is 2. The molecule has 0 saturated heterocycles. The number of thiazole rings is 1. The Balaban J connectivity index is 1.28. The number of benzene rings is 3. The van der Waals surface area contributed by atoms with E-state index < -0.39 is 0 Å². The lowest BCUT2D eigenvalue weighted by Crippen LogP contribution is -2.11. The van der Waals surface area contributed by atoms with Crippen LogP contribution in [-0.2, 0) is 0 Å². The molecule has 3 aromatic carbocycles. The van der Waals surface area contributed by atoms with Crippen molar-refractivity contribution in [1.82, 2.24) is 9.97 Å². The van der Waals surface area contributed by atoms with Gasteiger partial charge in [-0.2, -0.15) is 0 Å². The number of nitrogens with zero attached hydrogens (tertiary/aromatic N) is 2. The summed E-state index contributed by atoms with van der Waals surface area (Å²) in [5.74, 6) is 2.78. The molecule has 0 fully saturated rings. The predicted octanol–water partition coefficient (Wildman–Crippen LogP) is 7.66. The van der Waals surface area contributed by atoms with Crippen LogP contribution in [0.5, 0.6) is 23.0 Å². The van der Waals surface area contributed by atoms with E-state index in [4.69, 9.17) is 9.47 Å². The molecule has 0 atom stereocenters. The molecule has 5 rings (SSSR count). The third kappa shape index (κ3) is 5.42. The lowest BCUT2D eigenvalue weighted by atomic mass is 10.0. The number of rotatable bonds is 7. The largest absolute Gasteiger partial charge is 0.457 e. The van der Waals surface area contributed by atoms with Crippen LogP contribution in [0.4, 0.5) is 5.13 Å². The number of ether oxygens (including phenoxy) is 2. The van der Waals surface area contributed by atoms with Gasteiger partial charge in [0.05, 0.1) is 5.69 Å². The van der Waals surface area contributed by atoms with Gasteiger partial charge in [0.25, 0.3) is 5.91 Å². The van der Waals surface area contributed by atoms with Crippen LogP contribution in [0.3, 0.4) is 0 Å². The third-order valence-electron chi connectivity index (χ3n) is 5.47. The number of aromatic nitrogens is 2. The van der Waals surface area contributed by atoms with E-state index in [0.717, 1.165) is 45.4 Å². The van der Waals surface area contributed by atoms with Gasteiger partial charge in [-0.15, -0.1) is 11.3 Å². The van der Waals surface area contributed by atoms with Gasteiger partial charge in [0, 0.05) is 28.9 Å². The summed E-state index contributed by atoms with van der Waals surface area (Å²) in [6.45, 7) is 4.06. The molecule has 5 aromatic rings. The minimum Gasteiger partial charge on any atom is -0.457 e. The third-order valence-corrected chi connectivity index (χ3v) is 6.23. The van der Waals surface area contributed by atoms with Crippen molar-refractivity contribution in [3.8, 4) is 34.3 Å². The zero-order valence-corrected chi connectivity index (χ0v) is 20.6. The topological polar surface area (TPSA) is 73.3 Å². The van der Waals surface area contributed by atoms with Crippen molar-refractivity contribution >= 4 is 22.4 Å². The lowest BCUT2D eigenvalue weighted by Gasteiger charge is -2.13. The molecule has 1 N–H and O–H groups in total. The Morgan fingerprint density at radius 1 is 0.778 bits per heavy atom. The average molecular weight is 494 g/mol. The lowest BCUT2D eigenvalue weighted by molar-refractivity contribution is 0.102. The highest BCUT2D eigenvalue weighted by molar-refractivity contribution is 7.14. The maximum Gasteiger partial charge on any atom is 0.257 e. The van der Waals surface area contributed by atoms with Crippen molar-refractivity contribution in [3.05, 3.63) is 113 Å². The van der Waals surface area contributed by atoms with E-state index in [9.17, 15) is 4.79 Å². The zero-order chi connectivity index (χ0) is 24.9. The number of nitrogens with one attached hydrogen (secondary N) is 1. The van der Waals surface area contributed by atoms with Crippen molar-refractivity contribution in [1.29, 1.82) is 0 Å². The smallest absolute Gasteiger partial charge is 0.257 e. The maximum absolute atomic E-state index is 12.4. The quantitative estimate of drug-likeness (QED) is 0.252. The molecule has 6 nitrogen and oxygen atoms in total. The molecule has 0 aliphatic heterocycles. The van der Waals surface area contributed by atoms with Crippen LogP contribution in [-0.4, -0.2) is 15.9 Å². The summed E-state index contributed by atoms with van der Waals surface area (Å²) < 4.78 is 12.0. The van der Waals surface area contributed by atoms with E-state index in [2.05, 4.69) is 15.3 Å². The molecule has 178 valence electrons. The second-order valence-electron chi connectivity index (χ2n) is 8.15. The van der Waals surface area contributed by atoms with Crippen molar-refractivity contribution < 1.29 is 14.3 Å². The number of hydrogen-bond donors (Lipinski definition) is 1. The molecule has 0 bridgehead atoms. The van der Waals surface area contributed by atoms with Crippen molar-refractivity contribution in [2.75, 3.05) is 5.32 Å². The summed E-state index contributed by atoms with van der Waals surface area (Å²) >= 11 is 1.39. The van der Waals surface area contributed by atoms with Crippen LogP contribution in [0.1, 0.15) is 21.5 Å². The Bertz CT molecular complexity index is 1460. The summed E-state index contributed by atoms with van der Waals surface area (Å²) in [5.41, 5.74) is 4.44. The molecule has 0 aliphatic rings. The van der Waals surface area contributed by atoms with Gasteiger partial charge < -0.3 is 9.47 Å². The molecule has 0 radical (unpaired) electrons. The molecule has 7 heteroatoms. The molecule has 2 heterocycles. The molecule has 0 unspecified atom stereocenters. The highest BCUT2D eigenvalue weighted by Gasteiger charge is 2.14. The minimum absolute atomic E-state index is 0.212. The van der Waals surface area contributed by atoms with Crippen LogP contribution >= 0.6 is 11.3 Å². The Labute approximate surface area is 213 Å². The first kappa shape index (κ1) is 23.3. The van der Waals surface area contributed by atoms with E-state index in [1.54, 1.807) is 24.5 Å². The minimum atomic E-state index is -0.212. The van der Waals surface area contributed by atoms with Gasteiger partial charge in [0.2, 0.25) is 0 Å². The van der Waals surface area contributed by atoms with Gasteiger partial charge in [0.15, 0.2) is 5.13 Å². The van der Waals surface area contributed by atoms with Gasteiger partial charge in [-0.25, -0.2) is 4.98 Å². The SMILES string of the molecule is Cc1cc(Oc2ccc(Oc3ccccc3)cc2)cc(C)c1-c1csc(NC(=O)c2ccncc2)n1. The summed E-state index contributed by atoms with van der Waals surface area (Å²) in [7, 11) is 0. The highest BCUT2D eigenvalue weighted by Crippen LogP contribution is 2.35. The fraction of sp³-hybridized carbons (Fsp3) is 0.0690. The Morgan fingerprint density at radius 2 is 1.36 bits per heavy atom. The Kier molecular flexibility index (Phi) is 6.73. The van der Waals surface area contributed by atoms with E-state index in [-0.39, 0.29) is 5.91 Å².